The average Bonchev–Trinajstić information content (AvgIpc) is 2.65. The third kappa shape index (κ3) is 5.11. The molecule has 1 aliphatic rings. The van der Waals surface area contributed by atoms with Crippen LogP contribution < -0.4 is 5.48 Å². The molecule has 92 valence electrons. The Kier molecular flexibility index (Phi) is 5.25. The van der Waals surface area contributed by atoms with E-state index in [1.807, 2.05) is 0 Å². The zero-order valence-electron chi connectivity index (χ0n) is 9.57. The van der Waals surface area contributed by atoms with Crippen LogP contribution in [0.3, 0.4) is 0 Å². The van der Waals surface area contributed by atoms with E-state index in [0.717, 1.165) is 25.7 Å². The Morgan fingerprint density at radius 2 is 2.00 bits per heavy atom. The van der Waals surface area contributed by atoms with Crippen molar-refractivity contribution < 1.29 is 19.5 Å². The Bertz CT molecular complexity index is 248. The van der Waals surface area contributed by atoms with Crippen LogP contribution in [0.25, 0.3) is 0 Å². The van der Waals surface area contributed by atoms with Gasteiger partial charge in [-0.05, 0) is 18.8 Å². The average molecular weight is 229 g/mol. The largest absolute Gasteiger partial charge is 0.481 e. The molecule has 0 aromatic carbocycles. The van der Waals surface area contributed by atoms with Crippen molar-refractivity contribution in [3.05, 3.63) is 0 Å². The lowest BCUT2D eigenvalue weighted by Crippen LogP contribution is -2.29. The fraction of sp³-hybridized carbons (Fsp3) is 0.818. The van der Waals surface area contributed by atoms with Gasteiger partial charge in [-0.1, -0.05) is 19.8 Å². The number of hydrogen-bond donors (Lipinski definition) is 2. The first-order valence-electron chi connectivity index (χ1n) is 5.74. The molecule has 0 saturated heterocycles. The first-order valence-corrected chi connectivity index (χ1v) is 5.74. The number of amides is 1. The molecule has 1 atom stereocenters. The van der Waals surface area contributed by atoms with E-state index in [0.29, 0.717) is 0 Å². The van der Waals surface area contributed by atoms with E-state index < -0.39 is 5.97 Å². The van der Waals surface area contributed by atoms with Crippen molar-refractivity contribution >= 4 is 11.9 Å². The molecule has 0 heterocycles. The van der Waals surface area contributed by atoms with E-state index in [1.165, 1.54) is 0 Å². The molecule has 0 aliphatic heterocycles. The molecule has 1 aliphatic carbocycles. The molecule has 16 heavy (non-hydrogen) atoms. The van der Waals surface area contributed by atoms with Gasteiger partial charge in [0, 0.05) is 12.8 Å². The second-order valence-corrected chi connectivity index (χ2v) is 4.46. The monoisotopic (exact) mass is 229 g/mol. The van der Waals surface area contributed by atoms with E-state index in [-0.39, 0.29) is 30.8 Å². The van der Waals surface area contributed by atoms with E-state index >= 15 is 0 Å². The van der Waals surface area contributed by atoms with Crippen molar-refractivity contribution in [1.82, 2.24) is 5.48 Å². The number of hydroxylamine groups is 1. The highest BCUT2D eigenvalue weighted by atomic mass is 16.7. The van der Waals surface area contributed by atoms with Crippen molar-refractivity contribution in [1.29, 1.82) is 0 Å². The Balaban J connectivity index is 2.12. The van der Waals surface area contributed by atoms with Gasteiger partial charge in [0.2, 0.25) is 5.91 Å². The minimum atomic E-state index is -0.878. The standard InChI is InChI=1S/C11H19NO4/c1-8(7-11(14)15)6-10(13)12-16-9-4-2-3-5-9/h8-9H,2-7H2,1H3,(H,12,13)(H,14,15). The maximum absolute atomic E-state index is 11.4. The van der Waals surface area contributed by atoms with E-state index in [2.05, 4.69) is 5.48 Å². The third-order valence-electron chi connectivity index (χ3n) is 2.70. The highest BCUT2D eigenvalue weighted by Gasteiger charge is 2.18. The summed E-state index contributed by atoms with van der Waals surface area (Å²) in [6.07, 6.45) is 4.62. The topological polar surface area (TPSA) is 75.6 Å². The summed E-state index contributed by atoms with van der Waals surface area (Å²) in [7, 11) is 0. The van der Waals surface area contributed by atoms with Gasteiger partial charge in [-0.3, -0.25) is 14.4 Å². The van der Waals surface area contributed by atoms with Crippen LogP contribution >= 0.6 is 0 Å². The van der Waals surface area contributed by atoms with Crippen LogP contribution in [0.5, 0.6) is 0 Å². The smallest absolute Gasteiger partial charge is 0.303 e. The molecule has 0 radical (unpaired) electrons. The van der Waals surface area contributed by atoms with Crippen LogP contribution in [0.2, 0.25) is 0 Å². The molecule has 1 rings (SSSR count). The number of nitrogens with one attached hydrogen (secondary N) is 1. The summed E-state index contributed by atoms with van der Waals surface area (Å²) in [6, 6.07) is 0. The van der Waals surface area contributed by atoms with Gasteiger partial charge in [0.1, 0.15) is 0 Å². The number of carbonyl (C=O) groups excluding carboxylic acids is 1. The number of carboxylic acids is 1. The van der Waals surface area contributed by atoms with Crippen LogP contribution in [0.4, 0.5) is 0 Å². The molecule has 1 fully saturated rings. The van der Waals surface area contributed by atoms with E-state index in [1.54, 1.807) is 6.92 Å². The normalized spacial score (nSPS) is 18.3. The van der Waals surface area contributed by atoms with E-state index in [4.69, 9.17) is 9.94 Å². The SMILES string of the molecule is CC(CC(=O)O)CC(=O)NOC1CCCC1. The quantitative estimate of drug-likeness (QED) is 0.676. The molecule has 2 N–H and O–H groups in total. The lowest BCUT2D eigenvalue weighted by atomic mass is 10.0. The molecular weight excluding hydrogens is 210 g/mol. The van der Waals surface area contributed by atoms with Crippen LogP contribution in [-0.2, 0) is 14.4 Å². The van der Waals surface area contributed by atoms with Gasteiger partial charge in [-0.15, -0.1) is 0 Å². The zero-order chi connectivity index (χ0) is 12.0. The number of carboxylic acid groups (broad SMARTS) is 1. The Morgan fingerprint density at radius 3 is 2.56 bits per heavy atom. The second kappa shape index (κ2) is 6.48. The summed E-state index contributed by atoms with van der Waals surface area (Å²) in [4.78, 5) is 27.0. The predicted octanol–water partition coefficient (Wildman–Crippen LogP) is 1.48. The minimum Gasteiger partial charge on any atom is -0.481 e. The molecule has 1 unspecified atom stereocenters. The van der Waals surface area contributed by atoms with Crippen molar-refractivity contribution in [2.45, 2.75) is 51.6 Å². The Hall–Kier alpha value is -1.10. The van der Waals surface area contributed by atoms with Gasteiger partial charge in [-0.2, -0.15) is 0 Å². The van der Waals surface area contributed by atoms with Crippen LogP contribution in [0, 0.1) is 5.92 Å². The van der Waals surface area contributed by atoms with Crippen molar-refractivity contribution in [2.75, 3.05) is 0 Å². The Labute approximate surface area is 95.1 Å². The molecule has 1 amide bonds. The molecule has 5 heteroatoms. The number of hydrogen-bond acceptors (Lipinski definition) is 3. The molecule has 5 nitrogen and oxygen atoms in total. The van der Waals surface area contributed by atoms with E-state index in [9.17, 15) is 9.59 Å². The Morgan fingerprint density at radius 1 is 1.38 bits per heavy atom. The third-order valence-corrected chi connectivity index (χ3v) is 2.70. The minimum absolute atomic E-state index is 0.0108. The van der Waals surface area contributed by atoms with Gasteiger partial charge in [0.25, 0.3) is 0 Å². The maximum Gasteiger partial charge on any atom is 0.303 e. The summed E-state index contributed by atoms with van der Waals surface area (Å²) in [5.41, 5.74) is 2.40. The van der Waals surface area contributed by atoms with Gasteiger partial charge in [-0.25, -0.2) is 5.48 Å². The first kappa shape index (κ1) is 13.0. The van der Waals surface area contributed by atoms with Gasteiger partial charge in [0.05, 0.1) is 6.10 Å². The fourth-order valence-electron chi connectivity index (χ4n) is 1.88. The summed E-state index contributed by atoms with van der Waals surface area (Å²) in [6.45, 7) is 1.74. The molecule has 0 bridgehead atoms. The lowest BCUT2D eigenvalue weighted by Gasteiger charge is -2.13. The highest BCUT2D eigenvalue weighted by Crippen LogP contribution is 2.20. The molecular formula is C11H19NO4. The predicted molar refractivity (Wildman–Crippen MR) is 57.5 cm³/mol. The first-order chi connectivity index (χ1) is 7.58. The van der Waals surface area contributed by atoms with Gasteiger partial charge < -0.3 is 5.11 Å². The number of rotatable bonds is 6. The summed E-state index contributed by atoms with van der Waals surface area (Å²) >= 11 is 0. The van der Waals surface area contributed by atoms with Crippen LogP contribution in [0.1, 0.15) is 45.4 Å². The summed E-state index contributed by atoms with van der Waals surface area (Å²) in [5, 5.41) is 8.54. The van der Waals surface area contributed by atoms with Gasteiger partial charge in [0.15, 0.2) is 0 Å². The molecule has 0 aromatic rings. The summed E-state index contributed by atoms with van der Waals surface area (Å²) in [5.74, 6) is -1.28. The number of carbonyl (C=O) groups is 2. The van der Waals surface area contributed by atoms with Crippen LogP contribution in [-0.4, -0.2) is 23.1 Å². The van der Waals surface area contributed by atoms with Crippen molar-refractivity contribution in [3.8, 4) is 0 Å². The molecule has 1 saturated carbocycles. The van der Waals surface area contributed by atoms with Crippen LogP contribution in [0.15, 0.2) is 0 Å². The van der Waals surface area contributed by atoms with Crippen molar-refractivity contribution in [2.24, 2.45) is 5.92 Å². The lowest BCUT2D eigenvalue weighted by molar-refractivity contribution is -0.141. The van der Waals surface area contributed by atoms with Crippen molar-refractivity contribution in [3.63, 3.8) is 0 Å². The molecule has 0 aromatic heterocycles. The maximum atomic E-state index is 11.4. The fourth-order valence-corrected chi connectivity index (χ4v) is 1.88. The highest BCUT2D eigenvalue weighted by molar-refractivity contribution is 5.76. The van der Waals surface area contributed by atoms with Gasteiger partial charge >= 0.3 is 5.97 Å². The number of aliphatic carboxylic acids is 1. The second-order valence-electron chi connectivity index (χ2n) is 4.46. The zero-order valence-corrected chi connectivity index (χ0v) is 9.57. The molecule has 0 spiro atoms. The summed E-state index contributed by atoms with van der Waals surface area (Å²) < 4.78 is 0.